The Morgan fingerprint density at radius 1 is 0.850 bits per heavy atom. The van der Waals surface area contributed by atoms with Crippen molar-refractivity contribution in [1.82, 2.24) is 19.7 Å². The predicted octanol–water partition coefficient (Wildman–Crippen LogP) is -0.381. The molecule has 0 unspecified atom stereocenters. The lowest BCUT2D eigenvalue weighted by Crippen LogP contribution is -2.93. The Labute approximate surface area is 241 Å². The highest BCUT2D eigenvalue weighted by Crippen LogP contribution is 2.48. The van der Waals surface area contributed by atoms with Gasteiger partial charge in [0.25, 0.3) is 0 Å². The van der Waals surface area contributed by atoms with Gasteiger partial charge in [0.15, 0.2) is 0 Å². The van der Waals surface area contributed by atoms with Gasteiger partial charge in [0.05, 0.1) is 68.5 Å². The molecule has 2 fully saturated rings. The van der Waals surface area contributed by atoms with Crippen LogP contribution >= 0.6 is 0 Å². The molecule has 2 aromatic carbocycles. The maximum atomic E-state index is 13.7. The monoisotopic (exact) mass is 518 g/mol. The SMILES string of the molecule is [B]C1([B])N(C(=O)C2CC2)C([B])([B])C([B])([B])N(c2cc(C)cc(Nc3ncn(-c4cc(F)cc(F)c4)n3)c2)C1([B])[B]. The third-order valence-electron chi connectivity index (χ3n) is 7.09. The molecular weight excluding hydrogens is 501 g/mol. The molecule has 1 aliphatic heterocycles. The van der Waals surface area contributed by atoms with Crippen molar-refractivity contribution in [2.24, 2.45) is 5.92 Å². The van der Waals surface area contributed by atoms with E-state index in [-0.39, 0.29) is 17.3 Å². The Kier molecular flexibility index (Phi) is 6.62. The molecule has 1 saturated carbocycles. The molecule has 7 nitrogen and oxygen atoms in total. The molecule has 0 bridgehead atoms. The highest BCUT2D eigenvalue weighted by Gasteiger charge is 2.62. The van der Waals surface area contributed by atoms with Gasteiger partial charge in [-0.3, -0.25) is 4.79 Å². The number of carbonyl (C=O) groups is 1. The van der Waals surface area contributed by atoms with Crippen LogP contribution < -0.4 is 10.2 Å². The summed E-state index contributed by atoms with van der Waals surface area (Å²) in [6, 6.07) is 7.82. The van der Waals surface area contributed by atoms with Crippen LogP contribution in [0.25, 0.3) is 5.69 Å². The zero-order chi connectivity index (χ0) is 29.4. The van der Waals surface area contributed by atoms with Gasteiger partial charge in [0.1, 0.15) is 18.0 Å². The molecule has 3 aromatic rings. The number of aromatic nitrogens is 3. The largest absolute Gasteiger partial charge is 0.393 e. The van der Waals surface area contributed by atoms with Crippen molar-refractivity contribution in [3.63, 3.8) is 0 Å². The van der Waals surface area contributed by atoms with Crippen LogP contribution in [0, 0.1) is 24.5 Å². The van der Waals surface area contributed by atoms with E-state index in [1.54, 1.807) is 19.1 Å². The number of halogens is 2. The number of nitrogens with one attached hydrogen (secondary N) is 1. The summed E-state index contributed by atoms with van der Waals surface area (Å²) < 4.78 is 28.5. The van der Waals surface area contributed by atoms with Crippen LogP contribution in [0.3, 0.4) is 0 Å². The number of aryl methyl sites for hydroxylation is 1. The Morgan fingerprint density at radius 2 is 1.43 bits per heavy atom. The second-order valence-corrected chi connectivity index (χ2v) is 10.4. The maximum Gasteiger partial charge on any atom is 0.246 e. The summed E-state index contributed by atoms with van der Waals surface area (Å²) in [6.07, 6.45) is 2.44. The van der Waals surface area contributed by atoms with Crippen LogP contribution in [0.5, 0.6) is 0 Å². The van der Waals surface area contributed by atoms with E-state index in [1.807, 2.05) is 0 Å². The standard InChI is InChI=1S/C23H16B8F2N6O/c1-11-4-15(35-19-34-10-37(36-19)16-7-13(32)6-14(33)8-16)9-17(5-11)38-20(24,25)22(28,29)39(18(40)12-2-3-12)23(30,31)21(38,26)27/h4-10,12H,2-3H2,1H3,(H,35,36). The van der Waals surface area contributed by atoms with E-state index in [1.165, 1.54) is 17.1 Å². The number of piperazine rings is 1. The maximum absolute atomic E-state index is 13.7. The topological polar surface area (TPSA) is 66.3 Å². The molecule has 40 heavy (non-hydrogen) atoms. The fourth-order valence-corrected chi connectivity index (χ4v) is 4.84. The van der Waals surface area contributed by atoms with Crippen molar-refractivity contribution in [2.75, 3.05) is 10.2 Å². The lowest BCUT2D eigenvalue weighted by atomic mass is 9.26. The predicted molar refractivity (Wildman–Crippen MR) is 155 cm³/mol. The van der Waals surface area contributed by atoms with Crippen LogP contribution in [0.1, 0.15) is 18.4 Å². The van der Waals surface area contributed by atoms with E-state index in [9.17, 15) is 13.6 Å². The summed E-state index contributed by atoms with van der Waals surface area (Å²) in [4.78, 5) is 19.1. The fraction of sp³-hybridized carbons (Fsp3) is 0.348. The van der Waals surface area contributed by atoms with E-state index in [0.29, 0.717) is 24.1 Å². The molecule has 1 aromatic heterocycles. The van der Waals surface area contributed by atoms with Crippen molar-refractivity contribution in [3.8, 4) is 5.69 Å². The molecule has 1 N–H and O–H groups in total. The van der Waals surface area contributed by atoms with Crippen LogP contribution in [0.4, 0.5) is 26.1 Å². The van der Waals surface area contributed by atoms with Crippen molar-refractivity contribution < 1.29 is 13.6 Å². The van der Waals surface area contributed by atoms with E-state index < -0.39 is 44.8 Å². The molecular formula is C23H16B8F2N6O. The van der Waals surface area contributed by atoms with Gasteiger partial charge in [-0.2, -0.15) is 4.98 Å². The van der Waals surface area contributed by atoms with Crippen molar-refractivity contribution in [2.45, 2.75) is 41.1 Å². The van der Waals surface area contributed by atoms with Gasteiger partial charge in [-0.25, -0.2) is 13.5 Å². The third kappa shape index (κ3) is 4.49. The van der Waals surface area contributed by atoms with Gasteiger partial charge in [-0.15, -0.1) is 5.10 Å². The highest BCUT2D eigenvalue weighted by molar-refractivity contribution is 6.63. The molecule has 16 radical (unpaired) electrons. The quantitative estimate of drug-likeness (QED) is 0.469. The third-order valence-corrected chi connectivity index (χ3v) is 7.09. The molecule has 1 amide bonds. The first-order valence-electron chi connectivity index (χ1n) is 12.2. The summed E-state index contributed by atoms with van der Waals surface area (Å²) in [7, 11) is 51.6. The molecule has 1 saturated heterocycles. The van der Waals surface area contributed by atoms with Gasteiger partial charge >= 0.3 is 0 Å². The second kappa shape index (κ2) is 9.28. The van der Waals surface area contributed by atoms with Crippen molar-refractivity contribution in [3.05, 3.63) is 59.9 Å². The summed E-state index contributed by atoms with van der Waals surface area (Å²) >= 11 is 0. The molecule has 17 heteroatoms. The summed E-state index contributed by atoms with van der Waals surface area (Å²) in [6.45, 7) is 1.75. The minimum absolute atomic E-state index is 0.0820. The van der Waals surface area contributed by atoms with Crippen molar-refractivity contribution >= 4 is 86.0 Å². The molecule has 1 aliphatic carbocycles. The molecule has 0 spiro atoms. The molecule has 0 atom stereocenters. The Bertz CT molecular complexity index is 1450. The molecule has 2 aliphatic rings. The number of hydrogen-bond donors (Lipinski definition) is 1. The Morgan fingerprint density at radius 3 is 1.98 bits per heavy atom. The van der Waals surface area contributed by atoms with Crippen LogP contribution in [-0.2, 0) is 4.79 Å². The zero-order valence-electron chi connectivity index (χ0n) is 21.6. The van der Waals surface area contributed by atoms with Gasteiger partial charge in [0.2, 0.25) is 11.9 Å². The second-order valence-electron chi connectivity index (χ2n) is 10.4. The lowest BCUT2D eigenvalue weighted by molar-refractivity contribution is -0.138. The number of carbonyl (C=O) groups excluding carboxylic acids is 1. The minimum atomic E-state index is -2.32. The number of rotatable bonds is 5. The van der Waals surface area contributed by atoms with Crippen LogP contribution in [0.2, 0.25) is 0 Å². The first-order chi connectivity index (χ1) is 18.5. The highest BCUT2D eigenvalue weighted by atomic mass is 19.1. The zero-order valence-corrected chi connectivity index (χ0v) is 21.6. The first kappa shape index (κ1) is 28.6. The van der Waals surface area contributed by atoms with Crippen molar-refractivity contribution in [1.29, 1.82) is 0 Å². The van der Waals surface area contributed by atoms with Gasteiger partial charge < -0.3 is 15.1 Å². The molecule has 2 heterocycles. The van der Waals surface area contributed by atoms with Crippen LogP contribution in [-0.4, -0.2) is 110 Å². The summed E-state index contributed by atoms with van der Waals surface area (Å²) in [5.74, 6) is -2.44. The molecule has 5 rings (SSSR count). The number of anilines is 3. The van der Waals surface area contributed by atoms with Gasteiger partial charge in [-0.1, -0.05) is 0 Å². The first-order valence-corrected chi connectivity index (χ1v) is 12.2. The van der Waals surface area contributed by atoms with Gasteiger partial charge in [0, 0.05) is 23.4 Å². The number of amides is 1. The summed E-state index contributed by atoms with van der Waals surface area (Å²) in [5, 5.41) is -2.02. The van der Waals surface area contributed by atoms with E-state index in [4.69, 9.17) is 62.8 Å². The number of nitrogens with zero attached hydrogens (tertiary/aromatic N) is 5. The molecule has 182 valence electrons. The van der Waals surface area contributed by atoms with Crippen LogP contribution in [0.15, 0.2) is 42.7 Å². The van der Waals surface area contributed by atoms with E-state index in [0.717, 1.165) is 28.0 Å². The smallest absolute Gasteiger partial charge is 0.246 e. The number of hydrogen-bond acceptors (Lipinski definition) is 5. The fourth-order valence-electron chi connectivity index (χ4n) is 4.84. The van der Waals surface area contributed by atoms with E-state index >= 15 is 0 Å². The average Bonchev–Trinajstić information content (AvgIpc) is 3.55. The minimum Gasteiger partial charge on any atom is -0.393 e. The summed E-state index contributed by atoms with van der Waals surface area (Å²) in [5.41, 5.74) is 1.39. The normalized spacial score (nSPS) is 20.7. The Balaban J connectivity index is 1.52. The van der Waals surface area contributed by atoms with Gasteiger partial charge in [-0.05, 0) is 77.0 Å². The number of benzene rings is 2. The average molecular weight is 517 g/mol. The Hall–Kier alpha value is -2.97. The van der Waals surface area contributed by atoms with E-state index in [2.05, 4.69) is 15.4 Å². The lowest BCUT2D eigenvalue weighted by Gasteiger charge is -2.76.